The molecule has 2 N–H and O–H groups in total. The molecule has 1 unspecified atom stereocenters. The van der Waals surface area contributed by atoms with Crippen LogP contribution in [-0.2, 0) is 4.74 Å². The Hall–Kier alpha value is -0.930. The van der Waals surface area contributed by atoms with E-state index in [0.29, 0.717) is 6.61 Å². The molecule has 0 spiro atoms. The number of rotatable bonds is 4. The van der Waals surface area contributed by atoms with Crippen molar-refractivity contribution in [1.82, 2.24) is 4.98 Å². The Morgan fingerprint density at radius 1 is 1.50 bits per heavy atom. The summed E-state index contributed by atoms with van der Waals surface area (Å²) in [5, 5.41) is 0. The first-order valence-electron chi connectivity index (χ1n) is 4.89. The van der Waals surface area contributed by atoms with Crippen molar-refractivity contribution in [3.8, 4) is 0 Å². The summed E-state index contributed by atoms with van der Waals surface area (Å²) in [6.07, 6.45) is 3.80. The number of ether oxygens (including phenoxy) is 1. The zero-order chi connectivity index (χ0) is 10.6. The molecule has 0 fully saturated rings. The number of hydrogen-bond acceptors (Lipinski definition) is 3. The van der Waals surface area contributed by atoms with Gasteiger partial charge in [0.1, 0.15) is 0 Å². The topological polar surface area (TPSA) is 48.1 Å². The van der Waals surface area contributed by atoms with Crippen LogP contribution >= 0.6 is 0 Å². The van der Waals surface area contributed by atoms with Crippen LogP contribution in [0.15, 0.2) is 18.5 Å². The highest BCUT2D eigenvalue weighted by atomic mass is 16.5. The molecule has 1 aromatic heterocycles. The summed E-state index contributed by atoms with van der Waals surface area (Å²) in [6, 6.07) is 1.89. The molecule has 0 aromatic carbocycles. The lowest BCUT2D eigenvalue weighted by molar-refractivity contribution is 0.0681. The lowest BCUT2D eigenvalue weighted by Crippen LogP contribution is -2.20. The Morgan fingerprint density at radius 2 is 2.21 bits per heavy atom. The van der Waals surface area contributed by atoms with Gasteiger partial charge in [0.05, 0.1) is 18.8 Å². The van der Waals surface area contributed by atoms with Crippen molar-refractivity contribution in [2.75, 3.05) is 6.61 Å². The van der Waals surface area contributed by atoms with Gasteiger partial charge < -0.3 is 10.5 Å². The van der Waals surface area contributed by atoms with E-state index in [2.05, 4.69) is 4.98 Å². The number of nitrogens with zero attached hydrogens (tertiary/aromatic N) is 1. The molecule has 1 rings (SSSR count). The number of pyridine rings is 1. The van der Waals surface area contributed by atoms with Crippen LogP contribution in [-0.4, -0.2) is 17.7 Å². The second-order valence-electron chi connectivity index (χ2n) is 3.72. The molecule has 3 nitrogen and oxygen atoms in total. The van der Waals surface area contributed by atoms with Gasteiger partial charge in [-0.15, -0.1) is 0 Å². The van der Waals surface area contributed by atoms with Crippen molar-refractivity contribution in [1.29, 1.82) is 0 Å². The van der Waals surface area contributed by atoms with Gasteiger partial charge in [0.15, 0.2) is 0 Å². The van der Waals surface area contributed by atoms with E-state index in [1.807, 2.05) is 33.0 Å². The smallest absolute Gasteiger partial charge is 0.0663 e. The van der Waals surface area contributed by atoms with E-state index >= 15 is 0 Å². The fourth-order valence-corrected chi connectivity index (χ4v) is 1.25. The molecule has 14 heavy (non-hydrogen) atoms. The van der Waals surface area contributed by atoms with E-state index in [1.165, 1.54) is 5.56 Å². The van der Waals surface area contributed by atoms with Crippen molar-refractivity contribution in [3.05, 3.63) is 29.6 Å². The molecular weight excluding hydrogens is 176 g/mol. The van der Waals surface area contributed by atoms with Crippen molar-refractivity contribution < 1.29 is 4.74 Å². The SMILES string of the molecule is Cc1ccncc1C(N)COC(C)C. The molecule has 0 radical (unpaired) electrons. The minimum absolute atomic E-state index is 0.0777. The fraction of sp³-hybridized carbons (Fsp3) is 0.545. The molecule has 0 saturated carbocycles. The minimum atomic E-state index is -0.0777. The van der Waals surface area contributed by atoms with Crippen LogP contribution in [0, 0.1) is 6.92 Å². The third-order valence-electron chi connectivity index (χ3n) is 2.09. The number of nitrogens with two attached hydrogens (primary N) is 1. The Labute approximate surface area is 85.3 Å². The maximum Gasteiger partial charge on any atom is 0.0663 e. The van der Waals surface area contributed by atoms with Gasteiger partial charge in [0, 0.05) is 12.4 Å². The van der Waals surface area contributed by atoms with Crippen LogP contribution in [0.5, 0.6) is 0 Å². The first-order chi connectivity index (χ1) is 6.61. The van der Waals surface area contributed by atoms with E-state index in [-0.39, 0.29) is 12.1 Å². The van der Waals surface area contributed by atoms with Crippen molar-refractivity contribution in [2.24, 2.45) is 5.73 Å². The lowest BCUT2D eigenvalue weighted by atomic mass is 10.1. The maximum atomic E-state index is 5.98. The minimum Gasteiger partial charge on any atom is -0.377 e. The van der Waals surface area contributed by atoms with Crippen LogP contribution in [0.1, 0.15) is 31.0 Å². The first-order valence-corrected chi connectivity index (χ1v) is 4.89. The van der Waals surface area contributed by atoms with Crippen LogP contribution in [0.25, 0.3) is 0 Å². The Balaban J connectivity index is 2.60. The molecule has 1 atom stereocenters. The van der Waals surface area contributed by atoms with Crippen molar-refractivity contribution >= 4 is 0 Å². The van der Waals surface area contributed by atoms with E-state index in [9.17, 15) is 0 Å². The largest absolute Gasteiger partial charge is 0.377 e. The van der Waals surface area contributed by atoms with Gasteiger partial charge in [-0.25, -0.2) is 0 Å². The quantitative estimate of drug-likeness (QED) is 0.795. The van der Waals surface area contributed by atoms with E-state index in [1.54, 1.807) is 6.20 Å². The number of hydrogen-bond donors (Lipinski definition) is 1. The summed E-state index contributed by atoms with van der Waals surface area (Å²) >= 11 is 0. The summed E-state index contributed by atoms with van der Waals surface area (Å²) in [5.74, 6) is 0. The Kier molecular flexibility index (Phi) is 4.04. The zero-order valence-electron chi connectivity index (χ0n) is 9.03. The fourth-order valence-electron chi connectivity index (χ4n) is 1.25. The molecule has 0 aliphatic rings. The van der Waals surface area contributed by atoms with Gasteiger partial charge in [-0.1, -0.05) is 0 Å². The van der Waals surface area contributed by atoms with Crippen LogP contribution in [0.3, 0.4) is 0 Å². The average molecular weight is 194 g/mol. The maximum absolute atomic E-state index is 5.98. The van der Waals surface area contributed by atoms with Crippen molar-refractivity contribution in [2.45, 2.75) is 32.9 Å². The van der Waals surface area contributed by atoms with Gasteiger partial charge in [0.2, 0.25) is 0 Å². The standard InChI is InChI=1S/C11H18N2O/c1-8(2)14-7-11(12)10-6-13-5-4-9(10)3/h4-6,8,11H,7,12H2,1-3H3. The normalized spacial score (nSPS) is 13.2. The molecule has 1 heterocycles. The summed E-state index contributed by atoms with van der Waals surface area (Å²) in [6.45, 7) is 6.59. The van der Waals surface area contributed by atoms with Crippen LogP contribution in [0.4, 0.5) is 0 Å². The second kappa shape index (κ2) is 5.08. The lowest BCUT2D eigenvalue weighted by Gasteiger charge is -2.15. The Bertz CT molecular complexity index is 286. The number of aryl methyl sites for hydroxylation is 1. The third-order valence-corrected chi connectivity index (χ3v) is 2.09. The van der Waals surface area contributed by atoms with Crippen LogP contribution in [0.2, 0.25) is 0 Å². The molecular formula is C11H18N2O. The van der Waals surface area contributed by atoms with Gasteiger partial charge in [-0.2, -0.15) is 0 Å². The molecule has 0 bridgehead atoms. The number of aromatic nitrogens is 1. The summed E-state index contributed by atoms with van der Waals surface area (Å²) < 4.78 is 5.46. The second-order valence-corrected chi connectivity index (χ2v) is 3.72. The molecule has 0 aliphatic heterocycles. The predicted octanol–water partition coefficient (Wildman–Crippen LogP) is 1.81. The van der Waals surface area contributed by atoms with E-state index in [0.717, 1.165) is 5.56 Å². The van der Waals surface area contributed by atoms with E-state index in [4.69, 9.17) is 10.5 Å². The van der Waals surface area contributed by atoms with Gasteiger partial charge in [-0.3, -0.25) is 4.98 Å². The monoisotopic (exact) mass is 194 g/mol. The molecule has 3 heteroatoms. The molecule has 78 valence electrons. The molecule has 0 amide bonds. The van der Waals surface area contributed by atoms with Gasteiger partial charge in [-0.05, 0) is 38.0 Å². The summed E-state index contributed by atoms with van der Waals surface area (Å²) in [4.78, 5) is 4.06. The van der Waals surface area contributed by atoms with Gasteiger partial charge >= 0.3 is 0 Å². The van der Waals surface area contributed by atoms with Crippen molar-refractivity contribution in [3.63, 3.8) is 0 Å². The molecule has 0 saturated heterocycles. The first kappa shape index (κ1) is 11.1. The molecule has 0 aliphatic carbocycles. The Morgan fingerprint density at radius 3 is 2.79 bits per heavy atom. The summed E-state index contributed by atoms with van der Waals surface area (Å²) in [7, 11) is 0. The third kappa shape index (κ3) is 3.09. The highest BCUT2D eigenvalue weighted by molar-refractivity contribution is 5.24. The predicted molar refractivity (Wildman–Crippen MR) is 57.0 cm³/mol. The zero-order valence-corrected chi connectivity index (χ0v) is 9.03. The highest BCUT2D eigenvalue weighted by Crippen LogP contribution is 2.14. The van der Waals surface area contributed by atoms with E-state index < -0.39 is 0 Å². The average Bonchev–Trinajstić information content (AvgIpc) is 2.15. The van der Waals surface area contributed by atoms with Crippen LogP contribution < -0.4 is 5.73 Å². The molecule has 1 aromatic rings. The van der Waals surface area contributed by atoms with Gasteiger partial charge in [0.25, 0.3) is 0 Å². The summed E-state index contributed by atoms with van der Waals surface area (Å²) in [5.41, 5.74) is 8.21. The highest BCUT2D eigenvalue weighted by Gasteiger charge is 2.09.